The summed E-state index contributed by atoms with van der Waals surface area (Å²) in [7, 11) is -6.53. The molecule has 15 heteroatoms. The van der Waals surface area contributed by atoms with Gasteiger partial charge in [-0.2, -0.15) is 26.3 Å². The number of ether oxygens (including phenoxy) is 3. The van der Waals surface area contributed by atoms with Gasteiger partial charge < -0.3 is 18.8 Å². The molecule has 0 aliphatic heterocycles. The zero-order valence-corrected chi connectivity index (χ0v) is 13.2. The fourth-order valence-corrected chi connectivity index (χ4v) is 1.26. The van der Waals surface area contributed by atoms with Gasteiger partial charge in [-0.1, -0.05) is 19.2 Å². The van der Waals surface area contributed by atoms with E-state index in [1.807, 2.05) is 0 Å². The SMILES string of the molecule is C=CCOC(=O)C(OCC(F)(F)S(=O)(=O)[O-])(OC(=O)C(=C)F)C(F)(F)F. The average Bonchev–Trinajstić information content (AvgIpc) is 2.46. The molecule has 150 valence electrons. The topological polar surface area (TPSA) is 119 Å². The molecule has 0 saturated heterocycles. The van der Waals surface area contributed by atoms with E-state index in [2.05, 4.69) is 27.4 Å². The van der Waals surface area contributed by atoms with E-state index < -0.39 is 58.3 Å². The van der Waals surface area contributed by atoms with Gasteiger partial charge in [-0.3, -0.25) is 0 Å². The van der Waals surface area contributed by atoms with Crippen LogP contribution < -0.4 is 0 Å². The standard InChI is InChI=1S/C11H10F6O8S/c1-3-4-23-8(19)10(11(15,16)17,25-7(18)6(2)12)24-5-9(13,14)26(20,21)22/h3H,1-2,4-5H2,(H,20,21,22)/p-1. The lowest BCUT2D eigenvalue weighted by molar-refractivity contribution is -0.360. The normalized spacial score (nSPS) is 14.9. The average molecular weight is 415 g/mol. The van der Waals surface area contributed by atoms with Gasteiger partial charge in [0.1, 0.15) is 13.2 Å². The smallest absolute Gasteiger partial charge is 0.468 e. The van der Waals surface area contributed by atoms with E-state index in [4.69, 9.17) is 0 Å². The predicted octanol–water partition coefficient (Wildman–Crippen LogP) is 1.16. The Morgan fingerprint density at radius 3 is 2.00 bits per heavy atom. The van der Waals surface area contributed by atoms with Crippen LogP contribution in [-0.4, -0.2) is 55.3 Å². The largest absolute Gasteiger partial charge is 0.743 e. The number of halogens is 6. The Morgan fingerprint density at radius 1 is 1.15 bits per heavy atom. The summed E-state index contributed by atoms with van der Waals surface area (Å²) in [5.41, 5.74) is 0. The van der Waals surface area contributed by atoms with Crippen LogP contribution >= 0.6 is 0 Å². The van der Waals surface area contributed by atoms with Crippen molar-refractivity contribution in [3.05, 3.63) is 25.1 Å². The number of esters is 2. The van der Waals surface area contributed by atoms with Crippen LogP contribution in [0.4, 0.5) is 26.3 Å². The second-order valence-electron chi connectivity index (χ2n) is 4.18. The van der Waals surface area contributed by atoms with E-state index >= 15 is 0 Å². The number of carbonyl (C=O) groups excluding carboxylic acids is 2. The number of carbonyl (C=O) groups is 2. The number of alkyl halides is 5. The Hall–Kier alpha value is -2.13. The molecule has 1 unspecified atom stereocenters. The third-order valence-corrected chi connectivity index (χ3v) is 3.09. The summed E-state index contributed by atoms with van der Waals surface area (Å²) in [6.45, 7) is 1.38. The predicted molar refractivity (Wildman–Crippen MR) is 66.9 cm³/mol. The van der Waals surface area contributed by atoms with Crippen molar-refractivity contribution >= 4 is 22.1 Å². The zero-order chi connectivity index (χ0) is 21.0. The van der Waals surface area contributed by atoms with Gasteiger partial charge in [-0.05, 0) is 0 Å². The summed E-state index contributed by atoms with van der Waals surface area (Å²) < 4.78 is 120. The summed E-state index contributed by atoms with van der Waals surface area (Å²) in [5.74, 6) is -12.5. The van der Waals surface area contributed by atoms with Crippen LogP contribution in [0.1, 0.15) is 0 Å². The van der Waals surface area contributed by atoms with Crippen LogP contribution in [-0.2, 0) is 33.9 Å². The van der Waals surface area contributed by atoms with Crippen molar-refractivity contribution in [2.45, 2.75) is 17.2 Å². The van der Waals surface area contributed by atoms with Gasteiger partial charge >= 0.3 is 29.2 Å². The summed E-state index contributed by atoms with van der Waals surface area (Å²) in [6, 6.07) is 0. The van der Waals surface area contributed by atoms with Gasteiger partial charge in [0.15, 0.2) is 10.1 Å². The molecule has 1 atom stereocenters. The molecular formula is C11H9F6O8S-. The van der Waals surface area contributed by atoms with E-state index in [1.165, 1.54) is 0 Å². The van der Waals surface area contributed by atoms with Crippen molar-refractivity contribution < 1.29 is 63.1 Å². The Balaban J connectivity index is 6.10. The summed E-state index contributed by atoms with van der Waals surface area (Å²) in [6.07, 6.45) is -5.45. The second-order valence-corrected chi connectivity index (χ2v) is 5.68. The number of hydrogen-bond donors (Lipinski definition) is 0. The van der Waals surface area contributed by atoms with Gasteiger partial charge in [0.25, 0.3) is 0 Å². The molecule has 26 heavy (non-hydrogen) atoms. The Kier molecular flexibility index (Phi) is 7.39. The minimum Gasteiger partial charge on any atom is -0.743 e. The molecule has 0 spiro atoms. The molecule has 0 aromatic rings. The molecule has 0 aromatic carbocycles. The lowest BCUT2D eigenvalue weighted by Crippen LogP contribution is -2.59. The third kappa shape index (κ3) is 5.43. The first-order valence-electron chi connectivity index (χ1n) is 5.91. The van der Waals surface area contributed by atoms with Gasteiger partial charge in [0.05, 0.1) is 0 Å². The van der Waals surface area contributed by atoms with Crippen molar-refractivity contribution in [1.29, 1.82) is 0 Å². The Bertz CT molecular complexity index is 685. The third-order valence-electron chi connectivity index (χ3n) is 2.24. The molecule has 0 heterocycles. The Morgan fingerprint density at radius 2 is 1.65 bits per heavy atom. The number of rotatable bonds is 9. The minimum atomic E-state index is -6.53. The molecule has 0 aromatic heterocycles. The highest BCUT2D eigenvalue weighted by atomic mass is 32.2. The van der Waals surface area contributed by atoms with Gasteiger partial charge in [-0.15, -0.1) is 0 Å². The van der Waals surface area contributed by atoms with Crippen molar-refractivity contribution in [1.82, 2.24) is 0 Å². The molecule has 0 rings (SSSR count). The van der Waals surface area contributed by atoms with Gasteiger partial charge in [-0.25, -0.2) is 18.0 Å². The van der Waals surface area contributed by atoms with Crippen LogP contribution in [0, 0.1) is 0 Å². The molecule has 0 amide bonds. The highest BCUT2D eigenvalue weighted by Crippen LogP contribution is 2.38. The molecule has 0 N–H and O–H groups in total. The van der Waals surface area contributed by atoms with E-state index in [9.17, 15) is 48.9 Å². The molecule has 0 aliphatic carbocycles. The van der Waals surface area contributed by atoms with E-state index in [-0.39, 0.29) is 0 Å². The first-order chi connectivity index (χ1) is 11.5. The van der Waals surface area contributed by atoms with Crippen molar-refractivity contribution in [2.24, 2.45) is 0 Å². The summed E-state index contributed by atoms with van der Waals surface area (Å²) in [4.78, 5) is 22.6. The second kappa shape index (κ2) is 8.05. The highest BCUT2D eigenvalue weighted by molar-refractivity contribution is 7.86. The van der Waals surface area contributed by atoms with E-state index in [1.54, 1.807) is 0 Å². The van der Waals surface area contributed by atoms with Crippen molar-refractivity contribution in [2.75, 3.05) is 13.2 Å². The van der Waals surface area contributed by atoms with Crippen LogP contribution in [0.15, 0.2) is 25.1 Å². The molecule has 0 radical (unpaired) electrons. The van der Waals surface area contributed by atoms with Crippen LogP contribution in [0.2, 0.25) is 0 Å². The fraction of sp³-hybridized carbons (Fsp3) is 0.455. The molecular weight excluding hydrogens is 406 g/mol. The lowest BCUT2D eigenvalue weighted by Gasteiger charge is -2.33. The van der Waals surface area contributed by atoms with Crippen LogP contribution in [0.3, 0.4) is 0 Å². The van der Waals surface area contributed by atoms with Crippen LogP contribution in [0.25, 0.3) is 0 Å². The van der Waals surface area contributed by atoms with Crippen molar-refractivity contribution in [3.8, 4) is 0 Å². The molecule has 0 bridgehead atoms. The zero-order valence-electron chi connectivity index (χ0n) is 12.3. The van der Waals surface area contributed by atoms with E-state index in [0.717, 1.165) is 0 Å². The maximum atomic E-state index is 13.2. The van der Waals surface area contributed by atoms with Crippen LogP contribution in [0.5, 0.6) is 0 Å². The maximum Gasteiger partial charge on any atom is 0.468 e. The highest BCUT2D eigenvalue weighted by Gasteiger charge is 2.69. The lowest BCUT2D eigenvalue weighted by atomic mass is 10.2. The van der Waals surface area contributed by atoms with Crippen molar-refractivity contribution in [3.63, 3.8) is 0 Å². The quantitative estimate of drug-likeness (QED) is 0.137. The monoisotopic (exact) mass is 415 g/mol. The summed E-state index contributed by atoms with van der Waals surface area (Å²) >= 11 is 0. The molecule has 0 fully saturated rings. The minimum absolute atomic E-state index is 0.714. The molecule has 0 aliphatic rings. The first-order valence-corrected chi connectivity index (χ1v) is 7.32. The Labute approximate surface area is 141 Å². The van der Waals surface area contributed by atoms with E-state index in [0.29, 0.717) is 6.08 Å². The van der Waals surface area contributed by atoms with Gasteiger partial charge in [0.2, 0.25) is 5.83 Å². The molecule has 0 saturated carbocycles. The summed E-state index contributed by atoms with van der Waals surface area (Å²) in [5, 5.41) is -5.47. The fourth-order valence-electron chi connectivity index (χ4n) is 1.06. The maximum absolute atomic E-state index is 13.2. The first kappa shape index (κ1) is 23.9. The molecule has 8 nitrogen and oxygen atoms in total. The number of hydrogen-bond acceptors (Lipinski definition) is 8. The van der Waals surface area contributed by atoms with Gasteiger partial charge in [0, 0.05) is 0 Å².